The van der Waals surface area contributed by atoms with Gasteiger partial charge in [-0.1, -0.05) is 0 Å². The van der Waals surface area contributed by atoms with E-state index in [-0.39, 0.29) is 19.1 Å². The van der Waals surface area contributed by atoms with Crippen molar-refractivity contribution in [1.29, 1.82) is 0 Å². The van der Waals surface area contributed by atoms with Gasteiger partial charge in [0.2, 0.25) is 0 Å². The van der Waals surface area contributed by atoms with E-state index in [0.29, 0.717) is 17.5 Å². The van der Waals surface area contributed by atoms with E-state index in [1.165, 1.54) is 6.20 Å². The van der Waals surface area contributed by atoms with Crippen molar-refractivity contribution in [3.8, 4) is 5.75 Å². The molecule has 1 aromatic rings. The lowest BCUT2D eigenvalue weighted by Gasteiger charge is -2.16. The average molecular weight is 236 g/mol. The number of hydrogen-bond donors (Lipinski definition) is 1. The first-order valence-corrected chi connectivity index (χ1v) is 5.65. The van der Waals surface area contributed by atoms with E-state index < -0.39 is 0 Å². The largest absolute Gasteiger partial charge is 0.482 e. The maximum atomic E-state index is 11.7. The number of aromatic nitrogens is 1. The number of ether oxygens (including phenoxy) is 1. The summed E-state index contributed by atoms with van der Waals surface area (Å²) in [6.07, 6.45) is 3.69. The molecule has 1 heterocycles. The minimum Gasteiger partial charge on any atom is -0.482 e. The Morgan fingerprint density at radius 1 is 1.59 bits per heavy atom. The van der Waals surface area contributed by atoms with Crippen LogP contribution < -0.4 is 4.74 Å². The SMILES string of the molecule is CN(C(=O)COc1ccc(CO)nc1)C1CC1. The summed E-state index contributed by atoms with van der Waals surface area (Å²) < 4.78 is 5.33. The van der Waals surface area contributed by atoms with E-state index in [4.69, 9.17) is 9.84 Å². The van der Waals surface area contributed by atoms with Crippen molar-refractivity contribution in [2.45, 2.75) is 25.5 Å². The van der Waals surface area contributed by atoms with Gasteiger partial charge < -0.3 is 14.7 Å². The molecule has 1 aliphatic rings. The fourth-order valence-corrected chi connectivity index (χ4v) is 1.50. The molecule has 0 saturated heterocycles. The zero-order chi connectivity index (χ0) is 12.3. The number of amides is 1. The average Bonchev–Trinajstić information content (AvgIpc) is 3.20. The zero-order valence-electron chi connectivity index (χ0n) is 9.80. The lowest BCUT2D eigenvalue weighted by Crippen LogP contribution is -2.33. The summed E-state index contributed by atoms with van der Waals surface area (Å²) in [7, 11) is 1.80. The molecule has 2 rings (SSSR count). The lowest BCUT2D eigenvalue weighted by molar-refractivity contribution is -0.132. The summed E-state index contributed by atoms with van der Waals surface area (Å²) in [5.41, 5.74) is 0.582. The Labute approximate surface area is 100 Å². The molecule has 92 valence electrons. The second-order valence-corrected chi connectivity index (χ2v) is 4.17. The third-order valence-electron chi connectivity index (χ3n) is 2.81. The number of aliphatic hydroxyl groups is 1. The Balaban J connectivity index is 1.82. The molecule has 1 aromatic heterocycles. The first kappa shape index (κ1) is 11.9. The molecule has 1 saturated carbocycles. The number of hydrogen-bond acceptors (Lipinski definition) is 4. The van der Waals surface area contributed by atoms with Gasteiger partial charge >= 0.3 is 0 Å². The molecule has 0 radical (unpaired) electrons. The van der Waals surface area contributed by atoms with E-state index in [1.807, 2.05) is 0 Å². The standard InChI is InChI=1S/C12H16N2O3/c1-14(10-3-4-10)12(16)8-17-11-5-2-9(7-15)13-6-11/h2,5-6,10,15H,3-4,7-8H2,1H3. The van der Waals surface area contributed by atoms with Gasteiger partial charge in [-0.25, -0.2) is 0 Å². The molecule has 0 atom stereocenters. The number of carbonyl (C=O) groups is 1. The summed E-state index contributed by atoms with van der Waals surface area (Å²) in [4.78, 5) is 17.4. The summed E-state index contributed by atoms with van der Waals surface area (Å²) >= 11 is 0. The monoisotopic (exact) mass is 236 g/mol. The fourth-order valence-electron chi connectivity index (χ4n) is 1.50. The molecule has 0 aliphatic heterocycles. The molecule has 1 amide bonds. The van der Waals surface area contributed by atoms with Crippen LogP contribution in [0, 0.1) is 0 Å². The van der Waals surface area contributed by atoms with Crippen molar-refractivity contribution in [3.05, 3.63) is 24.0 Å². The van der Waals surface area contributed by atoms with Crippen LogP contribution in [0.4, 0.5) is 0 Å². The van der Waals surface area contributed by atoms with Crippen molar-refractivity contribution in [1.82, 2.24) is 9.88 Å². The second kappa shape index (κ2) is 5.14. The lowest BCUT2D eigenvalue weighted by atomic mass is 10.3. The molecule has 0 aromatic carbocycles. The van der Waals surface area contributed by atoms with Gasteiger partial charge in [0.1, 0.15) is 5.75 Å². The first-order valence-electron chi connectivity index (χ1n) is 5.65. The van der Waals surface area contributed by atoms with Gasteiger partial charge in [0.25, 0.3) is 5.91 Å². The topological polar surface area (TPSA) is 62.7 Å². The second-order valence-electron chi connectivity index (χ2n) is 4.17. The smallest absolute Gasteiger partial charge is 0.260 e. The summed E-state index contributed by atoms with van der Waals surface area (Å²) in [5, 5.41) is 8.82. The van der Waals surface area contributed by atoms with Crippen LogP contribution in [-0.4, -0.2) is 40.6 Å². The predicted octanol–water partition coefficient (Wildman–Crippen LogP) is 0.573. The van der Waals surface area contributed by atoms with E-state index in [9.17, 15) is 4.79 Å². The van der Waals surface area contributed by atoms with Gasteiger partial charge in [-0.15, -0.1) is 0 Å². The summed E-state index contributed by atoms with van der Waals surface area (Å²) in [6.45, 7) is -0.0588. The Morgan fingerprint density at radius 3 is 2.88 bits per heavy atom. The van der Waals surface area contributed by atoms with Gasteiger partial charge in [-0.2, -0.15) is 0 Å². The minimum absolute atomic E-state index is 0.0151. The van der Waals surface area contributed by atoms with E-state index >= 15 is 0 Å². The zero-order valence-corrected chi connectivity index (χ0v) is 9.80. The normalized spacial score (nSPS) is 14.5. The highest BCUT2D eigenvalue weighted by Crippen LogP contribution is 2.25. The van der Waals surface area contributed by atoms with Crippen molar-refractivity contribution in [3.63, 3.8) is 0 Å². The number of pyridine rings is 1. The maximum Gasteiger partial charge on any atom is 0.260 e. The number of aliphatic hydroxyl groups excluding tert-OH is 1. The van der Waals surface area contributed by atoms with Crippen molar-refractivity contribution >= 4 is 5.91 Å². The number of carbonyl (C=O) groups excluding carboxylic acids is 1. The summed E-state index contributed by atoms with van der Waals surface area (Å²) in [6, 6.07) is 3.77. The van der Waals surface area contributed by atoms with Crippen LogP contribution in [0.1, 0.15) is 18.5 Å². The van der Waals surface area contributed by atoms with Crippen LogP contribution in [0.2, 0.25) is 0 Å². The number of nitrogens with zero attached hydrogens (tertiary/aromatic N) is 2. The Kier molecular flexibility index (Phi) is 3.58. The molecular formula is C12H16N2O3. The molecule has 1 fully saturated rings. The van der Waals surface area contributed by atoms with Crippen LogP contribution in [0.5, 0.6) is 5.75 Å². The predicted molar refractivity (Wildman–Crippen MR) is 61.4 cm³/mol. The van der Waals surface area contributed by atoms with E-state index in [0.717, 1.165) is 12.8 Å². The van der Waals surface area contributed by atoms with Crippen LogP contribution >= 0.6 is 0 Å². The highest BCUT2D eigenvalue weighted by Gasteiger charge is 2.29. The minimum atomic E-state index is -0.0936. The van der Waals surface area contributed by atoms with E-state index in [2.05, 4.69) is 4.98 Å². The van der Waals surface area contributed by atoms with Gasteiger partial charge in [-0.05, 0) is 25.0 Å². The molecule has 0 bridgehead atoms. The molecule has 5 heteroatoms. The van der Waals surface area contributed by atoms with Crippen LogP contribution in [0.3, 0.4) is 0 Å². The van der Waals surface area contributed by atoms with Crippen molar-refractivity contribution in [2.75, 3.05) is 13.7 Å². The quantitative estimate of drug-likeness (QED) is 0.812. The molecule has 0 spiro atoms. The highest BCUT2D eigenvalue weighted by molar-refractivity contribution is 5.78. The third kappa shape index (κ3) is 3.17. The third-order valence-corrected chi connectivity index (χ3v) is 2.81. The van der Waals surface area contributed by atoms with Crippen molar-refractivity contribution < 1.29 is 14.6 Å². The number of likely N-dealkylation sites (N-methyl/N-ethyl adjacent to an activating group) is 1. The molecule has 1 aliphatic carbocycles. The molecular weight excluding hydrogens is 220 g/mol. The molecule has 0 unspecified atom stereocenters. The van der Waals surface area contributed by atoms with Gasteiger partial charge in [-0.3, -0.25) is 9.78 Å². The van der Waals surface area contributed by atoms with Crippen molar-refractivity contribution in [2.24, 2.45) is 0 Å². The van der Waals surface area contributed by atoms with Crippen LogP contribution in [0.15, 0.2) is 18.3 Å². The van der Waals surface area contributed by atoms with Gasteiger partial charge in [0.05, 0.1) is 18.5 Å². The first-order chi connectivity index (χ1) is 8.20. The highest BCUT2D eigenvalue weighted by atomic mass is 16.5. The Morgan fingerprint density at radius 2 is 2.35 bits per heavy atom. The van der Waals surface area contributed by atoms with Crippen LogP contribution in [-0.2, 0) is 11.4 Å². The fraction of sp³-hybridized carbons (Fsp3) is 0.500. The Hall–Kier alpha value is -1.62. The van der Waals surface area contributed by atoms with Crippen LogP contribution in [0.25, 0.3) is 0 Å². The van der Waals surface area contributed by atoms with E-state index in [1.54, 1.807) is 24.1 Å². The maximum absolute atomic E-state index is 11.7. The molecule has 17 heavy (non-hydrogen) atoms. The number of rotatable bonds is 5. The van der Waals surface area contributed by atoms with Gasteiger partial charge in [0, 0.05) is 13.1 Å². The van der Waals surface area contributed by atoms with Gasteiger partial charge in [0.15, 0.2) is 6.61 Å². The Bertz CT molecular complexity index is 387. The molecule has 5 nitrogen and oxygen atoms in total. The summed E-state index contributed by atoms with van der Waals surface area (Å²) in [5.74, 6) is 0.526. The molecule has 1 N–H and O–H groups in total.